The summed E-state index contributed by atoms with van der Waals surface area (Å²) in [5.74, 6) is 0.870. The third-order valence-electron chi connectivity index (χ3n) is 4.62. The molecule has 0 aliphatic heterocycles. The lowest BCUT2D eigenvalue weighted by molar-refractivity contribution is 0.0250. The van der Waals surface area contributed by atoms with Gasteiger partial charge in [0.2, 0.25) is 0 Å². The number of hydrogen-bond acceptors (Lipinski definition) is 2. The monoisotopic (exact) mass is 289 g/mol. The third kappa shape index (κ3) is 5.12. The fourth-order valence-electron chi connectivity index (χ4n) is 3.63. The summed E-state index contributed by atoms with van der Waals surface area (Å²) in [6, 6.07) is 11.1. The van der Waals surface area contributed by atoms with Gasteiger partial charge < -0.3 is 10.1 Å². The van der Waals surface area contributed by atoms with Gasteiger partial charge in [0.1, 0.15) is 0 Å². The molecule has 0 aromatic heterocycles. The highest BCUT2D eigenvalue weighted by Crippen LogP contribution is 2.32. The summed E-state index contributed by atoms with van der Waals surface area (Å²) >= 11 is 0. The average molecular weight is 289 g/mol. The highest BCUT2D eigenvalue weighted by atomic mass is 16.5. The Balaban J connectivity index is 2.07. The molecule has 1 fully saturated rings. The van der Waals surface area contributed by atoms with Crippen LogP contribution in [0.5, 0.6) is 0 Å². The minimum absolute atomic E-state index is 0.179. The van der Waals surface area contributed by atoms with E-state index < -0.39 is 0 Å². The normalized spacial score (nSPS) is 19.3. The van der Waals surface area contributed by atoms with E-state index in [2.05, 4.69) is 49.5 Å². The quantitative estimate of drug-likeness (QED) is 0.748. The molecule has 21 heavy (non-hydrogen) atoms. The Bertz CT molecular complexity index is 372. The molecule has 1 N–H and O–H groups in total. The lowest BCUT2D eigenvalue weighted by Crippen LogP contribution is -2.38. The zero-order valence-corrected chi connectivity index (χ0v) is 13.7. The first-order valence-corrected chi connectivity index (χ1v) is 8.75. The van der Waals surface area contributed by atoms with E-state index >= 15 is 0 Å². The van der Waals surface area contributed by atoms with Crippen LogP contribution in [0.3, 0.4) is 0 Å². The molecule has 0 bridgehead atoms. The molecule has 2 nitrogen and oxygen atoms in total. The Kier molecular flexibility index (Phi) is 7.25. The maximum Gasteiger partial charge on any atom is 0.0977 e. The van der Waals surface area contributed by atoms with E-state index in [0.29, 0.717) is 6.04 Å². The van der Waals surface area contributed by atoms with Gasteiger partial charge in [0.05, 0.1) is 6.10 Å². The average Bonchev–Trinajstić information content (AvgIpc) is 2.54. The summed E-state index contributed by atoms with van der Waals surface area (Å²) < 4.78 is 6.12. The SMILES string of the molecule is CCNC(CC1CCCCC1)C(OCC)c1ccccc1. The summed E-state index contributed by atoms with van der Waals surface area (Å²) in [6.45, 7) is 6.07. The number of rotatable bonds is 8. The van der Waals surface area contributed by atoms with Crippen LogP contribution < -0.4 is 5.32 Å². The van der Waals surface area contributed by atoms with E-state index in [1.807, 2.05) is 0 Å². The summed E-state index contributed by atoms with van der Waals surface area (Å²) in [6.07, 6.45) is 8.47. The number of ether oxygens (including phenoxy) is 1. The van der Waals surface area contributed by atoms with Crippen molar-refractivity contribution in [3.8, 4) is 0 Å². The highest BCUT2D eigenvalue weighted by molar-refractivity contribution is 5.19. The van der Waals surface area contributed by atoms with Gasteiger partial charge in [-0.05, 0) is 31.4 Å². The molecule has 0 saturated heterocycles. The molecule has 2 heteroatoms. The molecular weight excluding hydrogens is 258 g/mol. The second kappa shape index (κ2) is 9.22. The Labute approximate surface area is 130 Å². The predicted molar refractivity (Wildman–Crippen MR) is 89.5 cm³/mol. The van der Waals surface area contributed by atoms with Crippen LogP contribution in [-0.2, 0) is 4.74 Å². The maximum absolute atomic E-state index is 6.12. The Morgan fingerprint density at radius 2 is 1.81 bits per heavy atom. The van der Waals surface area contributed by atoms with Gasteiger partial charge in [0, 0.05) is 12.6 Å². The van der Waals surface area contributed by atoms with Crippen molar-refractivity contribution in [2.45, 2.75) is 64.5 Å². The topological polar surface area (TPSA) is 21.3 Å². The van der Waals surface area contributed by atoms with E-state index in [1.54, 1.807) is 0 Å². The van der Waals surface area contributed by atoms with Crippen molar-refractivity contribution in [2.24, 2.45) is 5.92 Å². The second-order valence-corrected chi connectivity index (χ2v) is 6.19. The molecule has 0 amide bonds. The molecule has 1 aromatic rings. The number of hydrogen-bond donors (Lipinski definition) is 1. The zero-order valence-electron chi connectivity index (χ0n) is 13.7. The van der Waals surface area contributed by atoms with Crippen LogP contribution in [0, 0.1) is 5.92 Å². The zero-order chi connectivity index (χ0) is 14.9. The summed E-state index contributed by atoms with van der Waals surface area (Å²) in [5, 5.41) is 3.69. The minimum atomic E-state index is 0.179. The summed E-state index contributed by atoms with van der Waals surface area (Å²) in [4.78, 5) is 0. The van der Waals surface area contributed by atoms with Crippen molar-refractivity contribution < 1.29 is 4.74 Å². The first-order chi connectivity index (χ1) is 10.3. The second-order valence-electron chi connectivity index (χ2n) is 6.19. The van der Waals surface area contributed by atoms with Crippen LogP contribution in [0.1, 0.15) is 64.0 Å². The fourth-order valence-corrected chi connectivity index (χ4v) is 3.63. The fraction of sp³-hybridized carbons (Fsp3) is 0.684. The standard InChI is InChI=1S/C19H31NO/c1-3-20-18(15-16-11-7-5-8-12-16)19(21-4-2)17-13-9-6-10-14-17/h6,9-10,13-14,16,18-20H,3-5,7-8,11-12,15H2,1-2H3. The Hall–Kier alpha value is -0.860. The van der Waals surface area contributed by atoms with E-state index in [4.69, 9.17) is 4.74 Å². The van der Waals surface area contributed by atoms with Crippen molar-refractivity contribution in [3.63, 3.8) is 0 Å². The Morgan fingerprint density at radius 1 is 1.10 bits per heavy atom. The largest absolute Gasteiger partial charge is 0.372 e. The molecule has 118 valence electrons. The van der Waals surface area contributed by atoms with Crippen molar-refractivity contribution in [3.05, 3.63) is 35.9 Å². The van der Waals surface area contributed by atoms with Gasteiger partial charge in [0.25, 0.3) is 0 Å². The molecule has 2 unspecified atom stereocenters. The molecule has 2 atom stereocenters. The Morgan fingerprint density at radius 3 is 2.43 bits per heavy atom. The smallest absolute Gasteiger partial charge is 0.0977 e. The van der Waals surface area contributed by atoms with Crippen molar-refractivity contribution in [1.82, 2.24) is 5.32 Å². The number of likely N-dealkylation sites (N-methyl/N-ethyl adjacent to an activating group) is 1. The first-order valence-electron chi connectivity index (χ1n) is 8.75. The molecule has 2 rings (SSSR count). The van der Waals surface area contributed by atoms with E-state index in [9.17, 15) is 0 Å². The van der Waals surface area contributed by atoms with E-state index in [1.165, 1.54) is 44.1 Å². The maximum atomic E-state index is 6.12. The number of benzene rings is 1. The molecule has 1 aliphatic rings. The van der Waals surface area contributed by atoms with Crippen LogP contribution in [0.25, 0.3) is 0 Å². The van der Waals surface area contributed by atoms with Crippen LogP contribution in [0.2, 0.25) is 0 Å². The van der Waals surface area contributed by atoms with E-state index in [-0.39, 0.29) is 6.10 Å². The van der Waals surface area contributed by atoms with Crippen LogP contribution in [0.4, 0.5) is 0 Å². The molecule has 1 aromatic carbocycles. The van der Waals surface area contributed by atoms with Crippen LogP contribution in [-0.4, -0.2) is 19.2 Å². The highest BCUT2D eigenvalue weighted by Gasteiger charge is 2.26. The third-order valence-corrected chi connectivity index (χ3v) is 4.62. The van der Waals surface area contributed by atoms with Gasteiger partial charge in [-0.2, -0.15) is 0 Å². The van der Waals surface area contributed by atoms with Gasteiger partial charge in [-0.25, -0.2) is 0 Å². The molecule has 0 heterocycles. The molecule has 1 saturated carbocycles. The van der Waals surface area contributed by atoms with Gasteiger partial charge in [0.15, 0.2) is 0 Å². The van der Waals surface area contributed by atoms with Gasteiger partial charge in [-0.15, -0.1) is 0 Å². The van der Waals surface area contributed by atoms with Gasteiger partial charge in [-0.3, -0.25) is 0 Å². The van der Waals surface area contributed by atoms with Crippen molar-refractivity contribution in [2.75, 3.05) is 13.2 Å². The van der Waals surface area contributed by atoms with Crippen molar-refractivity contribution in [1.29, 1.82) is 0 Å². The number of nitrogens with one attached hydrogen (secondary N) is 1. The molecule has 1 aliphatic carbocycles. The van der Waals surface area contributed by atoms with E-state index in [0.717, 1.165) is 19.1 Å². The first kappa shape index (κ1) is 16.5. The molecule has 0 spiro atoms. The summed E-state index contributed by atoms with van der Waals surface area (Å²) in [7, 11) is 0. The van der Waals surface area contributed by atoms with Crippen molar-refractivity contribution >= 4 is 0 Å². The van der Waals surface area contributed by atoms with Crippen LogP contribution >= 0.6 is 0 Å². The van der Waals surface area contributed by atoms with Gasteiger partial charge >= 0.3 is 0 Å². The minimum Gasteiger partial charge on any atom is -0.372 e. The molecular formula is C19H31NO. The lowest BCUT2D eigenvalue weighted by Gasteiger charge is -2.32. The molecule has 0 radical (unpaired) electrons. The lowest BCUT2D eigenvalue weighted by atomic mass is 9.82. The predicted octanol–water partition coefficient (Wildman–Crippen LogP) is 4.71. The van der Waals surface area contributed by atoms with Crippen LogP contribution in [0.15, 0.2) is 30.3 Å². The van der Waals surface area contributed by atoms with Gasteiger partial charge in [-0.1, -0.05) is 69.4 Å². The summed E-state index contributed by atoms with van der Waals surface area (Å²) in [5.41, 5.74) is 1.31.